The predicted octanol–water partition coefficient (Wildman–Crippen LogP) is 2.54. The molecule has 0 unspecified atom stereocenters. The number of nitrogens with zero attached hydrogens (tertiary/aromatic N) is 1. The molecule has 1 aromatic heterocycles. The second-order valence-electron chi connectivity index (χ2n) is 5.11. The standard InChI is InChI=1S/C16H18N2O3S/c1-20-11-5-3-10-4-6-12-14(16(19)17-7-8-22-2)18-21-15(12)13(10)9-11/h3,5,9H,4,6-8H2,1-2H3,(H,17,19). The van der Waals surface area contributed by atoms with Crippen LogP contribution in [0.4, 0.5) is 0 Å². The van der Waals surface area contributed by atoms with Crippen LogP contribution in [0.1, 0.15) is 21.6 Å². The number of fused-ring (bicyclic) bond motifs is 3. The SMILES string of the molecule is COc1ccc2c(c1)-c1onc(C(=O)NCCSC)c1CC2. The van der Waals surface area contributed by atoms with E-state index in [9.17, 15) is 4.79 Å². The molecule has 1 aromatic carbocycles. The lowest BCUT2D eigenvalue weighted by atomic mass is 9.89. The van der Waals surface area contributed by atoms with Gasteiger partial charge in [-0.05, 0) is 36.8 Å². The van der Waals surface area contributed by atoms with E-state index in [4.69, 9.17) is 9.26 Å². The van der Waals surface area contributed by atoms with Crippen LogP contribution in [0.15, 0.2) is 22.7 Å². The van der Waals surface area contributed by atoms with E-state index in [0.29, 0.717) is 18.0 Å². The Labute approximate surface area is 133 Å². The Morgan fingerprint density at radius 3 is 3.09 bits per heavy atom. The first kappa shape index (κ1) is 15.0. The van der Waals surface area contributed by atoms with E-state index in [1.807, 2.05) is 24.5 Å². The Balaban J connectivity index is 1.90. The summed E-state index contributed by atoms with van der Waals surface area (Å²) in [5, 5.41) is 6.87. The van der Waals surface area contributed by atoms with Crippen LogP contribution in [0.25, 0.3) is 11.3 Å². The fourth-order valence-corrected chi connectivity index (χ4v) is 2.96. The van der Waals surface area contributed by atoms with E-state index in [1.54, 1.807) is 18.9 Å². The minimum absolute atomic E-state index is 0.162. The second-order valence-corrected chi connectivity index (χ2v) is 6.10. The van der Waals surface area contributed by atoms with Crippen LogP contribution in [-0.4, -0.2) is 36.7 Å². The number of ether oxygens (including phenoxy) is 1. The summed E-state index contributed by atoms with van der Waals surface area (Å²) in [6.07, 6.45) is 3.65. The number of rotatable bonds is 5. The number of benzene rings is 1. The van der Waals surface area contributed by atoms with Gasteiger partial charge in [-0.3, -0.25) is 4.79 Å². The highest BCUT2D eigenvalue weighted by molar-refractivity contribution is 7.98. The molecule has 1 aliphatic carbocycles. The maximum absolute atomic E-state index is 12.2. The number of hydrogen-bond donors (Lipinski definition) is 1. The molecule has 0 bridgehead atoms. The molecule has 2 aromatic rings. The van der Waals surface area contributed by atoms with Gasteiger partial charge in [0.05, 0.1) is 7.11 Å². The Morgan fingerprint density at radius 2 is 2.32 bits per heavy atom. The first-order chi connectivity index (χ1) is 10.7. The average Bonchev–Trinajstić information content (AvgIpc) is 2.99. The lowest BCUT2D eigenvalue weighted by molar-refractivity contribution is 0.0946. The van der Waals surface area contributed by atoms with Gasteiger partial charge in [-0.1, -0.05) is 11.2 Å². The molecule has 0 atom stereocenters. The zero-order valence-electron chi connectivity index (χ0n) is 12.6. The lowest BCUT2D eigenvalue weighted by Gasteiger charge is -2.15. The number of amides is 1. The van der Waals surface area contributed by atoms with Gasteiger partial charge < -0.3 is 14.6 Å². The summed E-state index contributed by atoms with van der Waals surface area (Å²) in [6.45, 7) is 0.631. The fourth-order valence-electron chi connectivity index (χ4n) is 2.65. The highest BCUT2D eigenvalue weighted by Crippen LogP contribution is 2.37. The largest absolute Gasteiger partial charge is 0.497 e. The average molecular weight is 318 g/mol. The number of carbonyl (C=O) groups is 1. The van der Waals surface area contributed by atoms with Crippen molar-refractivity contribution in [3.63, 3.8) is 0 Å². The molecule has 0 radical (unpaired) electrons. The molecular formula is C16H18N2O3S. The zero-order valence-corrected chi connectivity index (χ0v) is 13.5. The van der Waals surface area contributed by atoms with Crippen molar-refractivity contribution in [3.8, 4) is 17.1 Å². The first-order valence-electron chi connectivity index (χ1n) is 7.17. The number of hydrogen-bond acceptors (Lipinski definition) is 5. The Bertz CT molecular complexity index is 697. The van der Waals surface area contributed by atoms with Crippen LogP contribution in [0.2, 0.25) is 0 Å². The van der Waals surface area contributed by atoms with E-state index in [-0.39, 0.29) is 5.91 Å². The summed E-state index contributed by atoms with van der Waals surface area (Å²) >= 11 is 1.69. The predicted molar refractivity (Wildman–Crippen MR) is 86.6 cm³/mol. The Hall–Kier alpha value is -1.95. The van der Waals surface area contributed by atoms with Crippen molar-refractivity contribution in [3.05, 3.63) is 35.0 Å². The molecule has 0 saturated carbocycles. The molecule has 0 spiro atoms. The van der Waals surface area contributed by atoms with Crippen molar-refractivity contribution < 1.29 is 14.1 Å². The summed E-state index contributed by atoms with van der Waals surface area (Å²) in [5.74, 6) is 2.18. The Morgan fingerprint density at radius 1 is 1.45 bits per heavy atom. The summed E-state index contributed by atoms with van der Waals surface area (Å²) in [6, 6.07) is 5.92. The number of thioether (sulfide) groups is 1. The topological polar surface area (TPSA) is 64.4 Å². The Kier molecular flexibility index (Phi) is 4.38. The third kappa shape index (κ3) is 2.70. The molecule has 1 amide bonds. The first-order valence-corrected chi connectivity index (χ1v) is 8.57. The van der Waals surface area contributed by atoms with Gasteiger partial charge in [0.25, 0.3) is 5.91 Å². The lowest BCUT2D eigenvalue weighted by Crippen LogP contribution is -2.27. The molecule has 22 heavy (non-hydrogen) atoms. The van der Waals surface area contributed by atoms with Crippen LogP contribution >= 0.6 is 11.8 Å². The monoisotopic (exact) mass is 318 g/mol. The van der Waals surface area contributed by atoms with E-state index in [2.05, 4.69) is 10.5 Å². The van der Waals surface area contributed by atoms with Gasteiger partial charge in [-0.25, -0.2) is 0 Å². The van der Waals surface area contributed by atoms with Crippen molar-refractivity contribution in [2.24, 2.45) is 0 Å². The van der Waals surface area contributed by atoms with Gasteiger partial charge in [0.1, 0.15) is 5.75 Å². The molecule has 1 aliphatic rings. The van der Waals surface area contributed by atoms with E-state index >= 15 is 0 Å². The summed E-state index contributed by atoms with van der Waals surface area (Å²) < 4.78 is 10.7. The molecule has 1 heterocycles. The van der Waals surface area contributed by atoms with Crippen molar-refractivity contribution in [2.45, 2.75) is 12.8 Å². The number of methoxy groups -OCH3 is 1. The molecule has 1 N–H and O–H groups in total. The molecule has 0 saturated heterocycles. The van der Waals surface area contributed by atoms with Crippen molar-refractivity contribution in [1.29, 1.82) is 0 Å². The molecular weight excluding hydrogens is 300 g/mol. The molecule has 3 rings (SSSR count). The summed E-state index contributed by atoms with van der Waals surface area (Å²) in [4.78, 5) is 12.2. The minimum Gasteiger partial charge on any atom is -0.497 e. The third-order valence-electron chi connectivity index (χ3n) is 3.80. The van der Waals surface area contributed by atoms with E-state index in [1.165, 1.54) is 5.56 Å². The molecule has 0 aliphatic heterocycles. The highest BCUT2D eigenvalue weighted by atomic mass is 32.2. The summed E-state index contributed by atoms with van der Waals surface area (Å²) in [5.41, 5.74) is 3.46. The summed E-state index contributed by atoms with van der Waals surface area (Å²) in [7, 11) is 1.64. The minimum atomic E-state index is -0.162. The van der Waals surface area contributed by atoms with Gasteiger partial charge in [0.15, 0.2) is 11.5 Å². The van der Waals surface area contributed by atoms with Crippen LogP contribution in [0, 0.1) is 0 Å². The maximum atomic E-state index is 12.2. The number of aryl methyl sites for hydroxylation is 1. The van der Waals surface area contributed by atoms with Gasteiger partial charge >= 0.3 is 0 Å². The molecule has 0 fully saturated rings. The maximum Gasteiger partial charge on any atom is 0.273 e. The second kappa shape index (κ2) is 6.44. The van der Waals surface area contributed by atoms with Crippen LogP contribution in [0.3, 0.4) is 0 Å². The normalized spacial score (nSPS) is 12.5. The van der Waals surface area contributed by atoms with Crippen molar-refractivity contribution in [2.75, 3.05) is 25.7 Å². The zero-order chi connectivity index (χ0) is 15.5. The van der Waals surface area contributed by atoms with Crippen molar-refractivity contribution >= 4 is 17.7 Å². The highest BCUT2D eigenvalue weighted by Gasteiger charge is 2.27. The number of aromatic nitrogens is 1. The van der Waals surface area contributed by atoms with Gasteiger partial charge in [0, 0.05) is 23.4 Å². The van der Waals surface area contributed by atoms with Crippen molar-refractivity contribution in [1.82, 2.24) is 10.5 Å². The molecule has 116 valence electrons. The fraction of sp³-hybridized carbons (Fsp3) is 0.375. The van der Waals surface area contributed by atoms with Gasteiger partial charge in [0.2, 0.25) is 0 Å². The van der Waals surface area contributed by atoms with E-state index in [0.717, 1.165) is 35.5 Å². The number of carbonyl (C=O) groups excluding carboxylic acids is 1. The van der Waals surface area contributed by atoms with Crippen LogP contribution in [0.5, 0.6) is 5.75 Å². The van der Waals surface area contributed by atoms with Crippen LogP contribution < -0.4 is 10.1 Å². The molecule has 6 heteroatoms. The number of nitrogens with one attached hydrogen (secondary N) is 1. The quantitative estimate of drug-likeness (QED) is 0.858. The third-order valence-corrected chi connectivity index (χ3v) is 4.41. The van der Waals surface area contributed by atoms with E-state index < -0.39 is 0 Å². The van der Waals surface area contributed by atoms with Gasteiger partial charge in [-0.15, -0.1) is 0 Å². The smallest absolute Gasteiger partial charge is 0.273 e. The van der Waals surface area contributed by atoms with Crippen LogP contribution in [-0.2, 0) is 12.8 Å². The van der Waals surface area contributed by atoms with Gasteiger partial charge in [-0.2, -0.15) is 11.8 Å². The molecule has 5 nitrogen and oxygen atoms in total.